The molecule has 1 saturated carbocycles. The quantitative estimate of drug-likeness (QED) is 0.670. The Morgan fingerprint density at radius 3 is 2.72 bits per heavy atom. The normalized spacial score (nSPS) is 20.8. The van der Waals surface area contributed by atoms with Crippen molar-refractivity contribution in [3.63, 3.8) is 0 Å². The molecule has 1 aliphatic heterocycles. The second kappa shape index (κ2) is 8.28. The maximum absolute atomic E-state index is 6.25. The molecule has 1 aliphatic carbocycles. The van der Waals surface area contributed by atoms with Gasteiger partial charge in [-0.1, -0.05) is 31.7 Å². The monoisotopic (exact) mass is 339 g/mol. The van der Waals surface area contributed by atoms with E-state index in [9.17, 15) is 0 Å². The van der Waals surface area contributed by atoms with Crippen LogP contribution in [0, 0.1) is 5.92 Å². The number of hydrogen-bond donors (Lipinski definition) is 1. The van der Waals surface area contributed by atoms with Crippen molar-refractivity contribution < 1.29 is 9.47 Å². The van der Waals surface area contributed by atoms with Gasteiger partial charge in [-0.3, -0.25) is 0 Å². The molecule has 0 radical (unpaired) electrons. The first-order valence-electron chi connectivity index (χ1n) is 9.38. The van der Waals surface area contributed by atoms with Gasteiger partial charge in [-0.15, -0.1) is 0 Å². The fourth-order valence-electron chi connectivity index (χ4n) is 3.65. The van der Waals surface area contributed by atoms with Crippen LogP contribution in [-0.2, 0) is 0 Å². The zero-order valence-corrected chi connectivity index (χ0v) is 15.4. The molecule has 0 aromatic heterocycles. The molecule has 3 heteroatoms. The van der Waals surface area contributed by atoms with Crippen molar-refractivity contribution in [1.29, 1.82) is 0 Å². The molecule has 1 heterocycles. The Kier molecular flexibility index (Phi) is 5.85. The van der Waals surface area contributed by atoms with E-state index >= 15 is 0 Å². The molecule has 1 atom stereocenters. The molecule has 134 valence electrons. The predicted molar refractivity (Wildman–Crippen MR) is 104 cm³/mol. The Hall–Kier alpha value is -2.16. The van der Waals surface area contributed by atoms with E-state index in [4.69, 9.17) is 9.47 Å². The van der Waals surface area contributed by atoms with Crippen molar-refractivity contribution >= 4 is 5.57 Å². The summed E-state index contributed by atoms with van der Waals surface area (Å²) >= 11 is 0. The highest BCUT2D eigenvalue weighted by molar-refractivity contribution is 5.74. The van der Waals surface area contributed by atoms with Crippen LogP contribution in [0.5, 0.6) is 11.5 Å². The van der Waals surface area contributed by atoms with Crippen molar-refractivity contribution in [2.24, 2.45) is 5.92 Å². The Morgan fingerprint density at radius 2 is 2.00 bits per heavy atom. The fraction of sp³-hybridized carbons (Fsp3) is 0.455. The molecule has 1 fully saturated rings. The number of allylic oxidation sites excluding steroid dienone is 3. The molecule has 3 nitrogen and oxygen atoms in total. The van der Waals surface area contributed by atoms with E-state index in [0.29, 0.717) is 12.0 Å². The maximum atomic E-state index is 6.25. The first-order valence-corrected chi connectivity index (χ1v) is 9.38. The van der Waals surface area contributed by atoms with Gasteiger partial charge in [-0.2, -0.15) is 0 Å². The highest BCUT2D eigenvalue weighted by Crippen LogP contribution is 2.39. The summed E-state index contributed by atoms with van der Waals surface area (Å²) in [7, 11) is 1.70. The van der Waals surface area contributed by atoms with Crippen molar-refractivity contribution in [3.05, 3.63) is 54.4 Å². The molecule has 1 N–H and O–H groups in total. The Balaban J connectivity index is 1.83. The summed E-state index contributed by atoms with van der Waals surface area (Å²) in [5.74, 6) is 1.96. The van der Waals surface area contributed by atoms with Crippen LogP contribution in [-0.4, -0.2) is 13.2 Å². The van der Waals surface area contributed by atoms with Gasteiger partial charge in [0.05, 0.1) is 13.2 Å². The molecule has 1 aromatic rings. The topological polar surface area (TPSA) is 30.5 Å². The van der Waals surface area contributed by atoms with E-state index in [-0.39, 0.29) is 0 Å². The second-order valence-electron chi connectivity index (χ2n) is 6.83. The summed E-state index contributed by atoms with van der Waals surface area (Å²) in [6, 6.07) is 6.25. The third kappa shape index (κ3) is 4.09. The Labute approximate surface area is 151 Å². The first kappa shape index (κ1) is 17.7. The van der Waals surface area contributed by atoms with Crippen molar-refractivity contribution in [2.45, 2.75) is 51.6 Å². The number of nitrogens with one attached hydrogen (secondary N) is 1. The molecule has 2 aliphatic rings. The predicted octanol–water partition coefficient (Wildman–Crippen LogP) is 5.45. The van der Waals surface area contributed by atoms with Crippen LogP contribution in [0.3, 0.4) is 0 Å². The minimum atomic E-state index is 0.301. The Bertz CT molecular complexity index is 669. The second-order valence-corrected chi connectivity index (χ2v) is 6.83. The summed E-state index contributed by atoms with van der Waals surface area (Å²) < 4.78 is 11.8. The van der Waals surface area contributed by atoms with Crippen molar-refractivity contribution in [2.75, 3.05) is 7.11 Å². The van der Waals surface area contributed by atoms with E-state index < -0.39 is 0 Å². The van der Waals surface area contributed by atoms with Crippen LogP contribution in [0.25, 0.3) is 5.57 Å². The van der Waals surface area contributed by atoms with Gasteiger partial charge < -0.3 is 14.8 Å². The Morgan fingerprint density at radius 1 is 1.20 bits per heavy atom. The smallest absolute Gasteiger partial charge is 0.162 e. The summed E-state index contributed by atoms with van der Waals surface area (Å²) in [6.07, 6.45) is 13.7. The molecule has 1 aromatic carbocycles. The molecule has 1 unspecified atom stereocenters. The third-order valence-electron chi connectivity index (χ3n) is 5.08. The van der Waals surface area contributed by atoms with Crippen LogP contribution in [0.1, 0.15) is 51.0 Å². The van der Waals surface area contributed by atoms with Gasteiger partial charge in [0.25, 0.3) is 0 Å². The minimum Gasteiger partial charge on any atom is -0.493 e. The molecule has 0 bridgehead atoms. The number of hydrogen-bond acceptors (Lipinski definition) is 3. The molecule has 0 saturated heterocycles. The lowest BCUT2D eigenvalue weighted by Gasteiger charge is -2.19. The lowest BCUT2D eigenvalue weighted by Crippen LogP contribution is -2.12. The molecular formula is C22H29NO2. The fourth-order valence-corrected chi connectivity index (χ4v) is 3.65. The SMILES string of the molecule is C=C1NC=C(c2ccc(OC)c(OC3CCCC3)c2)C1C/C=C\CC. The van der Waals surface area contributed by atoms with E-state index in [0.717, 1.165) is 42.9 Å². The molecule has 3 rings (SSSR count). The molecular weight excluding hydrogens is 310 g/mol. The highest BCUT2D eigenvalue weighted by atomic mass is 16.5. The number of benzene rings is 1. The lowest BCUT2D eigenvalue weighted by atomic mass is 9.90. The van der Waals surface area contributed by atoms with Crippen LogP contribution in [0.15, 0.2) is 48.8 Å². The summed E-state index contributed by atoms with van der Waals surface area (Å²) in [4.78, 5) is 0. The zero-order chi connectivity index (χ0) is 17.6. The maximum Gasteiger partial charge on any atom is 0.162 e. The van der Waals surface area contributed by atoms with Crippen LogP contribution in [0.2, 0.25) is 0 Å². The first-order chi connectivity index (χ1) is 12.2. The van der Waals surface area contributed by atoms with Crippen LogP contribution < -0.4 is 14.8 Å². The average molecular weight is 339 g/mol. The number of rotatable bonds is 7. The standard InChI is InChI=1S/C22H29NO2/c1-4-5-6-11-19-16(2)23-15-20(19)17-12-13-21(24-3)22(14-17)25-18-9-7-8-10-18/h5-6,12-15,18-19,23H,2,4,7-11H2,1,3H3/b6-5-. The third-order valence-corrected chi connectivity index (χ3v) is 5.08. The highest BCUT2D eigenvalue weighted by Gasteiger charge is 2.25. The summed E-state index contributed by atoms with van der Waals surface area (Å²) in [5.41, 5.74) is 3.50. The lowest BCUT2D eigenvalue weighted by molar-refractivity contribution is 0.200. The average Bonchev–Trinajstić information content (AvgIpc) is 3.25. The minimum absolute atomic E-state index is 0.301. The van der Waals surface area contributed by atoms with E-state index in [1.165, 1.54) is 24.0 Å². The van der Waals surface area contributed by atoms with E-state index in [1.807, 2.05) is 6.07 Å². The summed E-state index contributed by atoms with van der Waals surface area (Å²) in [6.45, 7) is 6.33. The molecule has 0 spiro atoms. The number of ether oxygens (including phenoxy) is 2. The van der Waals surface area contributed by atoms with Crippen LogP contribution in [0.4, 0.5) is 0 Å². The largest absolute Gasteiger partial charge is 0.493 e. The molecule has 0 amide bonds. The number of methoxy groups -OCH3 is 1. The van der Waals surface area contributed by atoms with Gasteiger partial charge in [0.2, 0.25) is 0 Å². The zero-order valence-electron chi connectivity index (χ0n) is 15.4. The van der Waals surface area contributed by atoms with Crippen LogP contribution >= 0.6 is 0 Å². The molecule has 25 heavy (non-hydrogen) atoms. The van der Waals surface area contributed by atoms with Crippen molar-refractivity contribution in [1.82, 2.24) is 5.32 Å². The van der Waals surface area contributed by atoms with E-state index in [1.54, 1.807) is 7.11 Å². The van der Waals surface area contributed by atoms with Gasteiger partial charge in [0.1, 0.15) is 0 Å². The van der Waals surface area contributed by atoms with E-state index in [2.05, 4.69) is 49.3 Å². The summed E-state index contributed by atoms with van der Waals surface area (Å²) in [5, 5.41) is 3.30. The van der Waals surface area contributed by atoms with Crippen molar-refractivity contribution in [3.8, 4) is 11.5 Å². The van der Waals surface area contributed by atoms with Gasteiger partial charge in [0.15, 0.2) is 11.5 Å². The van der Waals surface area contributed by atoms with Gasteiger partial charge in [0, 0.05) is 17.8 Å². The van der Waals surface area contributed by atoms with Gasteiger partial charge in [-0.05, 0) is 61.8 Å². The van der Waals surface area contributed by atoms with Gasteiger partial charge >= 0.3 is 0 Å². The van der Waals surface area contributed by atoms with Gasteiger partial charge in [-0.25, -0.2) is 0 Å².